The van der Waals surface area contributed by atoms with Crippen LogP contribution < -0.4 is 15.5 Å². The van der Waals surface area contributed by atoms with Gasteiger partial charge in [0.05, 0.1) is 17.2 Å². The maximum atomic E-state index is 11.9. The number of nitrogens with one attached hydrogen (secondary N) is 2. The van der Waals surface area contributed by atoms with E-state index in [0.717, 1.165) is 27.0 Å². The fourth-order valence-corrected chi connectivity index (χ4v) is 3.06. The van der Waals surface area contributed by atoms with Gasteiger partial charge in [-0.25, -0.2) is 5.43 Å². The summed E-state index contributed by atoms with van der Waals surface area (Å²) in [6.07, 6.45) is 1.58. The fraction of sp³-hybridized carbons (Fsp3) is 0.0909. The van der Waals surface area contributed by atoms with E-state index in [-0.39, 0.29) is 12.5 Å². The van der Waals surface area contributed by atoms with E-state index in [9.17, 15) is 4.79 Å². The summed E-state index contributed by atoms with van der Waals surface area (Å²) in [5.74, 6) is 0.486. The van der Waals surface area contributed by atoms with Crippen molar-refractivity contribution in [3.05, 3.63) is 93.4 Å². The van der Waals surface area contributed by atoms with Gasteiger partial charge in [-0.05, 0) is 69.5 Å². The molecule has 3 aromatic rings. The van der Waals surface area contributed by atoms with E-state index in [4.69, 9.17) is 16.3 Å². The predicted molar refractivity (Wildman–Crippen MR) is 121 cm³/mol. The van der Waals surface area contributed by atoms with Crippen molar-refractivity contribution >= 4 is 45.3 Å². The average molecular weight is 473 g/mol. The third-order valence-corrected chi connectivity index (χ3v) is 4.76. The number of halogens is 2. The Balaban J connectivity index is 1.46. The number of hydrazone groups is 1. The fourth-order valence-electron chi connectivity index (χ4n) is 2.42. The van der Waals surface area contributed by atoms with Crippen LogP contribution in [0.4, 0.5) is 5.69 Å². The Morgan fingerprint density at radius 3 is 2.55 bits per heavy atom. The van der Waals surface area contributed by atoms with Crippen molar-refractivity contribution in [2.24, 2.45) is 5.10 Å². The standard InChI is InChI=1S/C22H19BrClN3O2/c23-20-12-17(6-11-21(20)29-15-16-4-2-1-3-5-16)13-26-27-22(28)14-25-19-9-7-18(24)8-10-19/h1-13,25H,14-15H2,(H,27,28)/b26-13-. The molecule has 0 unspecified atom stereocenters. The summed E-state index contributed by atoms with van der Waals surface area (Å²) in [7, 11) is 0. The molecule has 0 aliphatic rings. The van der Waals surface area contributed by atoms with Crippen LogP contribution in [-0.2, 0) is 11.4 Å². The molecule has 148 valence electrons. The van der Waals surface area contributed by atoms with E-state index in [1.165, 1.54) is 0 Å². The van der Waals surface area contributed by atoms with Crippen molar-refractivity contribution in [2.75, 3.05) is 11.9 Å². The molecule has 3 rings (SSSR count). The average Bonchev–Trinajstić information content (AvgIpc) is 2.73. The summed E-state index contributed by atoms with van der Waals surface area (Å²) in [5.41, 5.74) is 5.22. The van der Waals surface area contributed by atoms with Crippen LogP contribution in [0, 0.1) is 0 Å². The van der Waals surface area contributed by atoms with Crippen molar-refractivity contribution in [1.82, 2.24) is 5.43 Å². The highest BCUT2D eigenvalue weighted by Gasteiger charge is 2.03. The first-order valence-corrected chi connectivity index (χ1v) is 10.0. The summed E-state index contributed by atoms with van der Waals surface area (Å²) in [6, 6.07) is 22.7. The van der Waals surface area contributed by atoms with Crippen LogP contribution in [0.3, 0.4) is 0 Å². The van der Waals surface area contributed by atoms with Gasteiger partial charge < -0.3 is 10.1 Å². The van der Waals surface area contributed by atoms with Crippen molar-refractivity contribution in [3.8, 4) is 5.75 Å². The van der Waals surface area contributed by atoms with Crippen LogP contribution in [0.15, 0.2) is 82.4 Å². The first kappa shape index (κ1) is 20.9. The quantitative estimate of drug-likeness (QED) is 0.348. The minimum atomic E-state index is -0.252. The van der Waals surface area contributed by atoms with Crippen LogP contribution in [0.25, 0.3) is 0 Å². The summed E-state index contributed by atoms with van der Waals surface area (Å²) in [5, 5.41) is 7.63. The van der Waals surface area contributed by atoms with Crippen molar-refractivity contribution in [3.63, 3.8) is 0 Å². The highest BCUT2D eigenvalue weighted by molar-refractivity contribution is 9.10. The van der Waals surface area contributed by atoms with E-state index in [0.29, 0.717) is 11.6 Å². The van der Waals surface area contributed by atoms with Gasteiger partial charge in [0.2, 0.25) is 0 Å². The zero-order chi connectivity index (χ0) is 20.5. The number of rotatable bonds is 8. The lowest BCUT2D eigenvalue weighted by Crippen LogP contribution is -2.25. The second-order valence-corrected chi connectivity index (χ2v) is 7.41. The van der Waals surface area contributed by atoms with Gasteiger partial charge in [-0.2, -0.15) is 5.10 Å². The smallest absolute Gasteiger partial charge is 0.259 e. The number of ether oxygens (including phenoxy) is 1. The topological polar surface area (TPSA) is 62.7 Å². The zero-order valence-electron chi connectivity index (χ0n) is 15.4. The van der Waals surface area contributed by atoms with Gasteiger partial charge in [0.15, 0.2) is 0 Å². The van der Waals surface area contributed by atoms with E-state index in [1.807, 2.05) is 48.5 Å². The number of anilines is 1. The van der Waals surface area contributed by atoms with Gasteiger partial charge in [-0.1, -0.05) is 41.9 Å². The molecule has 0 spiro atoms. The molecule has 0 aliphatic carbocycles. The Morgan fingerprint density at radius 1 is 1.07 bits per heavy atom. The number of nitrogens with zero attached hydrogens (tertiary/aromatic N) is 1. The molecule has 0 saturated heterocycles. The lowest BCUT2D eigenvalue weighted by molar-refractivity contribution is -0.119. The number of carbonyl (C=O) groups excluding carboxylic acids is 1. The number of carbonyl (C=O) groups is 1. The lowest BCUT2D eigenvalue weighted by atomic mass is 10.2. The number of hydrogen-bond donors (Lipinski definition) is 2. The molecule has 0 radical (unpaired) electrons. The Bertz CT molecular complexity index is 979. The molecule has 0 heterocycles. The lowest BCUT2D eigenvalue weighted by Gasteiger charge is -2.09. The molecule has 7 heteroatoms. The van der Waals surface area contributed by atoms with E-state index >= 15 is 0 Å². The normalized spacial score (nSPS) is 10.7. The predicted octanol–water partition coefficient (Wildman–Crippen LogP) is 5.24. The summed E-state index contributed by atoms with van der Waals surface area (Å²) in [6.45, 7) is 0.596. The number of amides is 1. The first-order valence-electron chi connectivity index (χ1n) is 8.88. The Kier molecular flexibility index (Phi) is 7.67. The number of benzene rings is 3. The van der Waals surface area contributed by atoms with Gasteiger partial charge in [-0.3, -0.25) is 4.79 Å². The van der Waals surface area contributed by atoms with Crippen LogP contribution in [-0.4, -0.2) is 18.7 Å². The molecule has 0 aliphatic heterocycles. The first-order chi connectivity index (χ1) is 14.1. The third-order valence-electron chi connectivity index (χ3n) is 3.89. The molecule has 2 N–H and O–H groups in total. The Hall–Kier alpha value is -2.83. The van der Waals surface area contributed by atoms with Gasteiger partial charge in [0.1, 0.15) is 12.4 Å². The molecular weight excluding hydrogens is 454 g/mol. The summed E-state index contributed by atoms with van der Waals surface area (Å²) < 4.78 is 6.64. The van der Waals surface area contributed by atoms with Crippen molar-refractivity contribution in [2.45, 2.75) is 6.61 Å². The highest BCUT2D eigenvalue weighted by atomic mass is 79.9. The SMILES string of the molecule is O=C(CNc1ccc(Cl)cc1)N/N=C\c1ccc(OCc2ccccc2)c(Br)c1. The second kappa shape index (κ2) is 10.6. The Morgan fingerprint density at radius 2 is 1.83 bits per heavy atom. The maximum Gasteiger partial charge on any atom is 0.259 e. The molecule has 0 bridgehead atoms. The van der Waals surface area contributed by atoms with Crippen LogP contribution in [0.2, 0.25) is 5.02 Å². The highest BCUT2D eigenvalue weighted by Crippen LogP contribution is 2.26. The van der Waals surface area contributed by atoms with Crippen molar-refractivity contribution < 1.29 is 9.53 Å². The van der Waals surface area contributed by atoms with E-state index in [1.54, 1.807) is 30.5 Å². The minimum absolute atomic E-state index is 0.106. The molecule has 0 aromatic heterocycles. The Labute approximate surface area is 182 Å². The minimum Gasteiger partial charge on any atom is -0.488 e. The zero-order valence-corrected chi connectivity index (χ0v) is 17.8. The van der Waals surface area contributed by atoms with Gasteiger partial charge in [0.25, 0.3) is 5.91 Å². The molecule has 1 amide bonds. The molecule has 0 saturated carbocycles. The second-order valence-electron chi connectivity index (χ2n) is 6.12. The van der Waals surface area contributed by atoms with Crippen LogP contribution in [0.5, 0.6) is 5.75 Å². The molecule has 5 nitrogen and oxygen atoms in total. The number of hydrogen-bond acceptors (Lipinski definition) is 4. The van der Waals surface area contributed by atoms with Crippen molar-refractivity contribution in [1.29, 1.82) is 0 Å². The third kappa shape index (κ3) is 6.93. The largest absolute Gasteiger partial charge is 0.488 e. The van der Waals surface area contributed by atoms with Gasteiger partial charge >= 0.3 is 0 Å². The van der Waals surface area contributed by atoms with Gasteiger partial charge in [0, 0.05) is 10.7 Å². The maximum absolute atomic E-state index is 11.9. The molecular formula is C22H19BrClN3O2. The van der Waals surface area contributed by atoms with Crippen LogP contribution >= 0.6 is 27.5 Å². The van der Waals surface area contributed by atoms with Gasteiger partial charge in [-0.15, -0.1) is 0 Å². The summed E-state index contributed by atoms with van der Waals surface area (Å²) >= 11 is 9.33. The van der Waals surface area contributed by atoms with E-state index in [2.05, 4.69) is 31.8 Å². The molecule has 3 aromatic carbocycles. The van der Waals surface area contributed by atoms with Crippen LogP contribution in [0.1, 0.15) is 11.1 Å². The summed E-state index contributed by atoms with van der Waals surface area (Å²) in [4.78, 5) is 11.9. The monoisotopic (exact) mass is 471 g/mol. The van der Waals surface area contributed by atoms with E-state index < -0.39 is 0 Å². The molecule has 0 atom stereocenters. The molecule has 0 fully saturated rings. The molecule has 29 heavy (non-hydrogen) atoms.